The van der Waals surface area contributed by atoms with E-state index in [2.05, 4.69) is 26.5 Å². The number of aliphatic imine (C=N–C) groups is 1. The van der Waals surface area contributed by atoms with Crippen LogP contribution in [0.5, 0.6) is 0 Å². The Morgan fingerprint density at radius 3 is 3.11 bits per heavy atom. The monoisotopic (exact) mass is 261 g/mol. The molecule has 0 saturated carbocycles. The van der Waals surface area contributed by atoms with E-state index >= 15 is 0 Å². The summed E-state index contributed by atoms with van der Waals surface area (Å²) in [6.45, 7) is 0.928. The highest BCUT2D eigenvalue weighted by molar-refractivity contribution is 7.80. The molecular weight excluding hydrogens is 246 g/mol. The van der Waals surface area contributed by atoms with Crippen LogP contribution in [0.4, 0.5) is 0 Å². The van der Waals surface area contributed by atoms with E-state index in [1.54, 1.807) is 6.20 Å². The minimum absolute atomic E-state index is 0.215. The predicted molar refractivity (Wildman–Crippen MR) is 77.0 cm³/mol. The first-order chi connectivity index (χ1) is 8.72. The van der Waals surface area contributed by atoms with Gasteiger partial charge >= 0.3 is 0 Å². The van der Waals surface area contributed by atoms with Gasteiger partial charge in [-0.05, 0) is 30.3 Å². The number of hydrogen-bond acceptors (Lipinski definition) is 3. The Bertz CT molecular complexity index is 449. The molecule has 0 aliphatic heterocycles. The highest BCUT2D eigenvalue weighted by atomic mass is 32.1. The van der Waals surface area contributed by atoms with E-state index in [9.17, 15) is 0 Å². The van der Waals surface area contributed by atoms with Crippen LogP contribution < -0.4 is 16.4 Å². The smallest absolute Gasteiger partial charge is 0.195 e. The molecule has 0 fully saturated rings. The van der Waals surface area contributed by atoms with Crippen LogP contribution in [0.1, 0.15) is 5.56 Å². The molecule has 0 aromatic carbocycles. The van der Waals surface area contributed by atoms with Crippen LogP contribution in [0.2, 0.25) is 0 Å². The van der Waals surface area contributed by atoms with Gasteiger partial charge in [-0.25, -0.2) is 4.99 Å². The van der Waals surface area contributed by atoms with Crippen molar-refractivity contribution in [1.82, 2.24) is 15.6 Å². The Morgan fingerprint density at radius 2 is 2.44 bits per heavy atom. The summed E-state index contributed by atoms with van der Waals surface area (Å²) >= 11 is 5.05. The number of hydrogen-bond donors (Lipinski definition) is 3. The number of rotatable bonds is 4. The molecule has 5 nitrogen and oxygen atoms in total. The molecule has 18 heavy (non-hydrogen) atoms. The highest BCUT2D eigenvalue weighted by Crippen LogP contribution is 1.95. The molecule has 0 aliphatic carbocycles. The third-order valence-corrected chi connectivity index (χ3v) is 2.25. The number of pyridine rings is 1. The molecule has 0 aliphatic rings. The van der Waals surface area contributed by atoms with Gasteiger partial charge in [0.1, 0.15) is 6.54 Å². The third kappa shape index (κ3) is 5.82. The van der Waals surface area contributed by atoms with E-state index < -0.39 is 0 Å². The number of guanidine groups is 1. The number of terminal acetylenes is 1. The average Bonchev–Trinajstić information content (AvgIpc) is 2.37. The van der Waals surface area contributed by atoms with Gasteiger partial charge in [0.2, 0.25) is 0 Å². The van der Waals surface area contributed by atoms with Crippen molar-refractivity contribution in [2.24, 2.45) is 10.7 Å². The standard InChI is InChI=1S/C12H15N5S/c1-2-6-15-11(13)17-12(18)16-8-5-10-4-3-7-14-9-10/h1,3-4,7,9H,5-6,8H2,(H4,13,15,16,17,18). The first-order valence-corrected chi connectivity index (χ1v) is 5.80. The summed E-state index contributed by atoms with van der Waals surface area (Å²) in [6, 6.07) is 3.91. The van der Waals surface area contributed by atoms with Crippen molar-refractivity contribution in [2.75, 3.05) is 13.1 Å². The van der Waals surface area contributed by atoms with E-state index in [0.29, 0.717) is 11.7 Å². The predicted octanol–water partition coefficient (Wildman–Crippen LogP) is 0.0361. The molecule has 1 aromatic rings. The second kappa shape index (κ2) is 8.03. The molecule has 0 radical (unpaired) electrons. The van der Waals surface area contributed by atoms with Crippen LogP contribution in [-0.4, -0.2) is 29.1 Å². The van der Waals surface area contributed by atoms with Crippen LogP contribution in [0.25, 0.3) is 0 Å². The molecule has 0 atom stereocenters. The maximum Gasteiger partial charge on any atom is 0.195 e. The molecule has 1 heterocycles. The fourth-order valence-corrected chi connectivity index (χ4v) is 1.40. The van der Waals surface area contributed by atoms with Crippen molar-refractivity contribution < 1.29 is 0 Å². The van der Waals surface area contributed by atoms with Gasteiger partial charge in [0, 0.05) is 18.9 Å². The molecule has 0 saturated heterocycles. The number of aromatic nitrogens is 1. The van der Waals surface area contributed by atoms with Gasteiger partial charge in [-0.3, -0.25) is 4.98 Å². The molecule has 0 bridgehead atoms. The highest BCUT2D eigenvalue weighted by Gasteiger charge is 1.97. The summed E-state index contributed by atoms with van der Waals surface area (Å²) in [5.41, 5.74) is 6.69. The van der Waals surface area contributed by atoms with E-state index in [1.807, 2.05) is 18.3 Å². The summed E-state index contributed by atoms with van der Waals surface area (Å²) < 4.78 is 0. The van der Waals surface area contributed by atoms with E-state index in [4.69, 9.17) is 24.4 Å². The van der Waals surface area contributed by atoms with Gasteiger partial charge in [0.25, 0.3) is 0 Å². The maximum atomic E-state index is 5.55. The zero-order valence-electron chi connectivity index (χ0n) is 9.89. The maximum absolute atomic E-state index is 5.55. The molecule has 4 N–H and O–H groups in total. The fraction of sp³-hybridized carbons (Fsp3) is 0.250. The summed E-state index contributed by atoms with van der Waals surface area (Å²) in [4.78, 5) is 7.89. The summed E-state index contributed by atoms with van der Waals surface area (Å²) in [6.07, 6.45) is 9.45. The second-order valence-corrected chi connectivity index (χ2v) is 3.81. The average molecular weight is 261 g/mol. The Labute approximate surface area is 112 Å². The zero-order valence-corrected chi connectivity index (χ0v) is 10.7. The molecule has 6 heteroatoms. The van der Waals surface area contributed by atoms with E-state index in [1.165, 1.54) is 0 Å². The third-order valence-electron chi connectivity index (χ3n) is 2.00. The Balaban J connectivity index is 2.24. The Morgan fingerprint density at radius 1 is 1.61 bits per heavy atom. The van der Waals surface area contributed by atoms with Crippen molar-refractivity contribution >= 4 is 23.3 Å². The van der Waals surface area contributed by atoms with E-state index in [0.717, 1.165) is 12.0 Å². The molecule has 1 aromatic heterocycles. The topological polar surface area (TPSA) is 75.3 Å². The van der Waals surface area contributed by atoms with Crippen molar-refractivity contribution in [2.45, 2.75) is 6.42 Å². The van der Waals surface area contributed by atoms with Crippen molar-refractivity contribution in [3.8, 4) is 12.3 Å². The van der Waals surface area contributed by atoms with Gasteiger partial charge in [-0.15, -0.1) is 6.42 Å². The molecule has 0 amide bonds. The molecule has 1 rings (SSSR count). The number of nitrogens with two attached hydrogens (primary N) is 1. The lowest BCUT2D eigenvalue weighted by Gasteiger charge is -2.09. The lowest BCUT2D eigenvalue weighted by molar-refractivity contribution is 0.855. The first kappa shape index (κ1) is 13.9. The first-order valence-electron chi connectivity index (χ1n) is 5.39. The summed E-state index contributed by atoms with van der Waals surface area (Å²) in [5, 5.41) is 6.18. The van der Waals surface area contributed by atoms with Crippen LogP contribution in [-0.2, 0) is 6.42 Å². The van der Waals surface area contributed by atoms with Crippen molar-refractivity contribution in [3.63, 3.8) is 0 Å². The van der Waals surface area contributed by atoms with Gasteiger partial charge < -0.3 is 16.4 Å². The summed E-state index contributed by atoms with van der Waals surface area (Å²) in [7, 11) is 0. The molecule has 0 spiro atoms. The van der Waals surface area contributed by atoms with E-state index in [-0.39, 0.29) is 12.5 Å². The minimum Gasteiger partial charge on any atom is -0.370 e. The van der Waals surface area contributed by atoms with Crippen LogP contribution >= 0.6 is 12.2 Å². The van der Waals surface area contributed by atoms with Crippen molar-refractivity contribution in [1.29, 1.82) is 0 Å². The van der Waals surface area contributed by atoms with Crippen LogP contribution in [0.15, 0.2) is 29.5 Å². The second-order valence-electron chi connectivity index (χ2n) is 3.40. The van der Waals surface area contributed by atoms with Gasteiger partial charge in [0.15, 0.2) is 11.1 Å². The number of thiocarbonyl (C=S) groups is 1. The fourth-order valence-electron chi connectivity index (χ4n) is 1.20. The zero-order chi connectivity index (χ0) is 13.2. The van der Waals surface area contributed by atoms with Crippen molar-refractivity contribution in [3.05, 3.63) is 30.1 Å². The van der Waals surface area contributed by atoms with Gasteiger partial charge in [0.05, 0.1) is 0 Å². The SMILES string of the molecule is C#CCN=C(N)NC(=S)NCCc1cccnc1. The van der Waals surface area contributed by atoms with Gasteiger partial charge in [-0.1, -0.05) is 12.0 Å². The quantitative estimate of drug-likeness (QED) is 0.309. The van der Waals surface area contributed by atoms with Crippen LogP contribution in [0.3, 0.4) is 0 Å². The Hall–Kier alpha value is -2.13. The normalized spacial score (nSPS) is 10.5. The summed E-state index contributed by atoms with van der Waals surface area (Å²) in [5.74, 6) is 2.57. The molecular formula is C12H15N5S. The molecule has 0 unspecified atom stereocenters. The lowest BCUT2D eigenvalue weighted by Crippen LogP contribution is -2.43. The number of nitrogens with one attached hydrogen (secondary N) is 2. The minimum atomic E-state index is 0.215. The van der Waals surface area contributed by atoms with Crippen LogP contribution in [0, 0.1) is 12.3 Å². The Kier molecular flexibility index (Phi) is 6.22. The lowest BCUT2D eigenvalue weighted by atomic mass is 10.2. The largest absolute Gasteiger partial charge is 0.370 e. The number of nitrogens with zero attached hydrogens (tertiary/aromatic N) is 2. The van der Waals surface area contributed by atoms with Gasteiger partial charge in [-0.2, -0.15) is 0 Å². The molecule has 94 valence electrons.